The molecule has 1 aromatic carbocycles. The van der Waals surface area contributed by atoms with Crippen LogP contribution in [0.15, 0.2) is 35.3 Å². The van der Waals surface area contributed by atoms with Crippen LogP contribution in [0, 0.1) is 0 Å². The molecule has 158 valence electrons. The molecule has 0 radical (unpaired) electrons. The molecule has 10 heteroatoms. The summed E-state index contributed by atoms with van der Waals surface area (Å²) in [5.74, 6) is 0.477. The van der Waals surface area contributed by atoms with Gasteiger partial charge in [0.2, 0.25) is 5.91 Å². The van der Waals surface area contributed by atoms with Crippen molar-refractivity contribution in [2.45, 2.75) is 26.2 Å². The number of carbonyl (C=O) groups is 1. The van der Waals surface area contributed by atoms with Gasteiger partial charge < -0.3 is 18.9 Å². The van der Waals surface area contributed by atoms with Gasteiger partial charge in [0.1, 0.15) is 11.6 Å². The van der Waals surface area contributed by atoms with Crippen molar-refractivity contribution >= 4 is 17.5 Å². The Hall–Kier alpha value is -2.68. The van der Waals surface area contributed by atoms with Crippen LogP contribution in [-0.4, -0.2) is 36.1 Å². The van der Waals surface area contributed by atoms with Gasteiger partial charge in [0.25, 0.3) is 5.56 Å². The Labute approximate surface area is 170 Å². The van der Waals surface area contributed by atoms with E-state index in [4.69, 9.17) is 21.1 Å². The van der Waals surface area contributed by atoms with Crippen LogP contribution in [0.4, 0.5) is 13.2 Å². The fourth-order valence-electron chi connectivity index (χ4n) is 2.69. The lowest BCUT2D eigenvalue weighted by molar-refractivity contribution is -0.138. The van der Waals surface area contributed by atoms with Gasteiger partial charge in [-0.15, -0.1) is 0 Å². The number of hydrogen-bond acceptors (Lipinski definition) is 4. The van der Waals surface area contributed by atoms with Gasteiger partial charge in [-0.25, -0.2) is 0 Å². The number of benzene rings is 1. The van der Waals surface area contributed by atoms with Crippen LogP contribution in [0.1, 0.15) is 18.1 Å². The number of hydrogen-bond donors (Lipinski definition) is 0. The van der Waals surface area contributed by atoms with Gasteiger partial charge in [0.05, 0.1) is 19.8 Å². The molecule has 0 spiro atoms. The zero-order chi connectivity index (χ0) is 21.8. The number of pyridine rings is 1. The number of alkyl halides is 3. The molecule has 29 heavy (non-hydrogen) atoms. The molecule has 0 aliphatic rings. The van der Waals surface area contributed by atoms with Crippen LogP contribution >= 0.6 is 11.6 Å². The predicted octanol–water partition coefficient (Wildman–Crippen LogP) is 3.59. The summed E-state index contributed by atoms with van der Waals surface area (Å²) in [6.45, 7) is 1.62. The Kier molecular flexibility index (Phi) is 7.18. The van der Waals surface area contributed by atoms with E-state index in [2.05, 4.69) is 0 Å². The summed E-state index contributed by atoms with van der Waals surface area (Å²) in [5.41, 5.74) is -1.24. The third-order valence-corrected chi connectivity index (χ3v) is 4.50. The van der Waals surface area contributed by atoms with E-state index in [-0.39, 0.29) is 13.1 Å². The molecule has 0 aliphatic carbocycles. The van der Waals surface area contributed by atoms with Gasteiger partial charge in [0.15, 0.2) is 11.5 Å². The number of nitrogens with zero attached hydrogens (tertiary/aromatic N) is 2. The molecular formula is C19H20ClF3N2O4. The van der Waals surface area contributed by atoms with Crippen LogP contribution in [0.5, 0.6) is 11.5 Å². The van der Waals surface area contributed by atoms with Gasteiger partial charge >= 0.3 is 6.18 Å². The van der Waals surface area contributed by atoms with Gasteiger partial charge in [-0.3, -0.25) is 9.59 Å². The Morgan fingerprint density at radius 2 is 1.83 bits per heavy atom. The third-order valence-electron chi connectivity index (χ3n) is 4.23. The zero-order valence-corrected chi connectivity index (χ0v) is 16.8. The lowest BCUT2D eigenvalue weighted by Gasteiger charge is -2.22. The minimum atomic E-state index is -4.69. The Balaban J connectivity index is 2.25. The molecule has 2 aromatic rings. The SMILES string of the molecule is CCN(Cc1ccc(OC)c(OC)c1)C(=O)Cn1cc(C(F)(F)F)cc(Cl)c1=O. The molecule has 1 heterocycles. The van der Waals surface area contributed by atoms with Crippen molar-refractivity contribution in [3.63, 3.8) is 0 Å². The molecule has 2 rings (SSSR count). The number of methoxy groups -OCH3 is 2. The van der Waals surface area contributed by atoms with E-state index in [9.17, 15) is 22.8 Å². The first-order valence-corrected chi connectivity index (χ1v) is 8.94. The van der Waals surface area contributed by atoms with Crippen LogP contribution in [0.2, 0.25) is 5.02 Å². The first-order valence-electron chi connectivity index (χ1n) is 8.56. The second-order valence-corrected chi connectivity index (χ2v) is 6.51. The summed E-state index contributed by atoms with van der Waals surface area (Å²) in [4.78, 5) is 26.1. The van der Waals surface area contributed by atoms with Crippen molar-refractivity contribution in [1.29, 1.82) is 0 Å². The fraction of sp³-hybridized carbons (Fsp3) is 0.368. The molecule has 0 fully saturated rings. The fourth-order valence-corrected chi connectivity index (χ4v) is 2.92. The zero-order valence-electron chi connectivity index (χ0n) is 16.0. The van der Waals surface area contributed by atoms with Crippen molar-refractivity contribution in [3.8, 4) is 11.5 Å². The maximum absolute atomic E-state index is 13.0. The highest BCUT2D eigenvalue weighted by Gasteiger charge is 2.32. The minimum absolute atomic E-state index is 0.178. The van der Waals surface area contributed by atoms with Crippen LogP contribution in [0.3, 0.4) is 0 Å². The Morgan fingerprint density at radius 3 is 2.38 bits per heavy atom. The molecule has 1 amide bonds. The summed E-state index contributed by atoms with van der Waals surface area (Å²) >= 11 is 5.63. The number of likely N-dealkylation sites (N-methyl/N-ethyl adjacent to an activating group) is 1. The number of aromatic nitrogens is 1. The van der Waals surface area contributed by atoms with Crippen LogP contribution < -0.4 is 15.0 Å². The average Bonchev–Trinajstić information content (AvgIpc) is 2.68. The van der Waals surface area contributed by atoms with Crippen molar-refractivity contribution in [3.05, 3.63) is 57.0 Å². The first-order chi connectivity index (χ1) is 13.6. The molecule has 0 saturated heterocycles. The van der Waals surface area contributed by atoms with E-state index in [0.717, 1.165) is 5.56 Å². The van der Waals surface area contributed by atoms with Crippen molar-refractivity contribution in [2.24, 2.45) is 0 Å². The van der Waals surface area contributed by atoms with Crippen molar-refractivity contribution in [1.82, 2.24) is 9.47 Å². The summed E-state index contributed by atoms with van der Waals surface area (Å²) in [7, 11) is 2.98. The molecular weight excluding hydrogens is 413 g/mol. The van der Waals surface area contributed by atoms with E-state index in [1.807, 2.05) is 0 Å². The number of rotatable bonds is 7. The van der Waals surface area contributed by atoms with E-state index in [1.165, 1.54) is 19.1 Å². The lowest BCUT2D eigenvalue weighted by Crippen LogP contribution is -2.36. The van der Waals surface area contributed by atoms with Crippen molar-refractivity contribution in [2.75, 3.05) is 20.8 Å². The van der Waals surface area contributed by atoms with Gasteiger partial charge in [-0.1, -0.05) is 17.7 Å². The van der Waals surface area contributed by atoms with Crippen molar-refractivity contribution < 1.29 is 27.4 Å². The highest BCUT2D eigenvalue weighted by atomic mass is 35.5. The van der Waals surface area contributed by atoms with Gasteiger partial charge in [-0.05, 0) is 30.7 Å². The number of halogens is 4. The molecule has 0 aliphatic heterocycles. The average molecular weight is 433 g/mol. The van der Waals surface area contributed by atoms with Crippen LogP contribution in [-0.2, 0) is 24.1 Å². The van der Waals surface area contributed by atoms with E-state index < -0.39 is 34.8 Å². The number of ether oxygens (including phenoxy) is 2. The molecule has 0 N–H and O–H groups in total. The molecule has 0 atom stereocenters. The Bertz CT molecular complexity index is 944. The third kappa shape index (κ3) is 5.44. The topological polar surface area (TPSA) is 60.8 Å². The Morgan fingerprint density at radius 1 is 1.17 bits per heavy atom. The summed E-state index contributed by atoms with van der Waals surface area (Å²) < 4.78 is 50.0. The highest BCUT2D eigenvalue weighted by Crippen LogP contribution is 2.30. The summed E-state index contributed by atoms with van der Waals surface area (Å²) in [6, 6.07) is 5.67. The maximum Gasteiger partial charge on any atom is 0.417 e. The molecule has 0 bridgehead atoms. The van der Waals surface area contributed by atoms with Gasteiger partial charge in [0, 0.05) is 19.3 Å². The summed E-state index contributed by atoms with van der Waals surface area (Å²) in [6.07, 6.45) is -4.09. The van der Waals surface area contributed by atoms with E-state index in [1.54, 1.807) is 25.1 Å². The lowest BCUT2D eigenvalue weighted by atomic mass is 10.2. The smallest absolute Gasteiger partial charge is 0.417 e. The second-order valence-electron chi connectivity index (χ2n) is 6.10. The van der Waals surface area contributed by atoms with E-state index >= 15 is 0 Å². The predicted molar refractivity (Wildman–Crippen MR) is 101 cm³/mol. The monoisotopic (exact) mass is 432 g/mol. The normalized spacial score (nSPS) is 11.3. The second kappa shape index (κ2) is 9.21. The van der Waals surface area contributed by atoms with Gasteiger partial charge in [-0.2, -0.15) is 13.2 Å². The van der Waals surface area contributed by atoms with E-state index in [0.29, 0.717) is 28.3 Å². The first kappa shape index (κ1) is 22.6. The molecule has 0 unspecified atom stereocenters. The molecule has 0 saturated carbocycles. The number of amides is 1. The number of carbonyl (C=O) groups excluding carboxylic acids is 1. The highest BCUT2D eigenvalue weighted by molar-refractivity contribution is 6.30. The van der Waals surface area contributed by atoms with Crippen LogP contribution in [0.25, 0.3) is 0 Å². The largest absolute Gasteiger partial charge is 0.493 e. The molecule has 1 aromatic heterocycles. The quantitative estimate of drug-likeness (QED) is 0.671. The summed E-state index contributed by atoms with van der Waals surface area (Å²) in [5, 5.41) is -0.601. The standard InChI is InChI=1S/C19H20ClF3N2O4/c1-4-24(9-12-5-6-15(28-2)16(7-12)29-3)17(26)11-25-10-13(19(21,22)23)8-14(20)18(25)27/h5-8,10H,4,9,11H2,1-3H3. The minimum Gasteiger partial charge on any atom is -0.493 e. The molecule has 6 nitrogen and oxygen atoms in total. The maximum atomic E-state index is 13.0.